The standard InChI is InChI=1S/C21H14BN3.C6H14O2/c22-18-14-8-7-13-17(18)21-24-19(15-9-3-1-4-10-15)23-20(25-21)16-11-5-2-6-12-16;1-5(2,7)6(3,4)8/h1-14H;7-8H,1-4H3. The third-order valence-electron chi connectivity index (χ3n) is 5.40. The zero-order valence-corrected chi connectivity index (χ0v) is 19.4. The summed E-state index contributed by atoms with van der Waals surface area (Å²) in [5, 5.41) is 18.2. The molecular weight excluding hydrogens is 409 g/mol. The maximum absolute atomic E-state index is 9.10. The summed E-state index contributed by atoms with van der Waals surface area (Å²) in [6, 6.07) is 27.4. The van der Waals surface area contributed by atoms with E-state index in [1.807, 2.05) is 84.9 Å². The molecule has 33 heavy (non-hydrogen) atoms. The van der Waals surface area contributed by atoms with Crippen LogP contribution in [0.25, 0.3) is 34.2 Å². The predicted octanol–water partition coefficient (Wildman–Crippen LogP) is 4.19. The van der Waals surface area contributed by atoms with Gasteiger partial charge >= 0.3 is 0 Å². The third kappa shape index (κ3) is 6.34. The fourth-order valence-corrected chi connectivity index (χ4v) is 2.63. The van der Waals surface area contributed by atoms with E-state index in [2.05, 4.69) is 15.0 Å². The van der Waals surface area contributed by atoms with Crippen LogP contribution in [0.3, 0.4) is 0 Å². The first-order valence-electron chi connectivity index (χ1n) is 10.7. The molecule has 4 rings (SSSR count). The minimum Gasteiger partial charge on any atom is -0.387 e. The molecule has 0 saturated carbocycles. The average molecular weight is 437 g/mol. The molecule has 0 amide bonds. The lowest BCUT2D eigenvalue weighted by atomic mass is 9.90. The van der Waals surface area contributed by atoms with E-state index in [1.54, 1.807) is 27.7 Å². The minimum absolute atomic E-state index is 0.575. The summed E-state index contributed by atoms with van der Waals surface area (Å²) in [5.74, 6) is 1.84. The monoisotopic (exact) mass is 437 g/mol. The Bertz CT molecular complexity index is 1120. The topological polar surface area (TPSA) is 79.1 Å². The van der Waals surface area contributed by atoms with Gasteiger partial charge in [-0.2, -0.15) is 0 Å². The van der Waals surface area contributed by atoms with E-state index >= 15 is 0 Å². The van der Waals surface area contributed by atoms with Crippen molar-refractivity contribution in [3.63, 3.8) is 0 Å². The maximum atomic E-state index is 9.10. The minimum atomic E-state index is -1.01. The van der Waals surface area contributed by atoms with Crippen molar-refractivity contribution in [1.82, 2.24) is 15.0 Å². The summed E-state index contributed by atoms with van der Waals surface area (Å²) in [4.78, 5) is 14.0. The molecule has 0 bridgehead atoms. The van der Waals surface area contributed by atoms with Gasteiger partial charge in [-0.3, -0.25) is 0 Å². The highest BCUT2D eigenvalue weighted by Crippen LogP contribution is 2.23. The first-order chi connectivity index (χ1) is 15.6. The second kappa shape index (κ2) is 10.1. The van der Waals surface area contributed by atoms with Gasteiger partial charge in [-0.15, -0.1) is 0 Å². The molecule has 166 valence electrons. The van der Waals surface area contributed by atoms with Crippen molar-refractivity contribution in [1.29, 1.82) is 0 Å². The van der Waals surface area contributed by atoms with Crippen molar-refractivity contribution in [2.75, 3.05) is 0 Å². The highest BCUT2D eigenvalue weighted by molar-refractivity contribution is 6.35. The first kappa shape index (κ1) is 24.3. The van der Waals surface area contributed by atoms with Crippen LogP contribution < -0.4 is 5.46 Å². The summed E-state index contributed by atoms with van der Waals surface area (Å²) in [6.45, 7) is 6.31. The van der Waals surface area contributed by atoms with E-state index in [-0.39, 0.29) is 0 Å². The van der Waals surface area contributed by atoms with Gasteiger partial charge in [0.1, 0.15) is 7.85 Å². The van der Waals surface area contributed by atoms with Crippen LogP contribution in [0.1, 0.15) is 27.7 Å². The van der Waals surface area contributed by atoms with E-state index < -0.39 is 11.2 Å². The Morgan fingerprint density at radius 2 is 0.909 bits per heavy atom. The molecule has 0 aliphatic heterocycles. The summed E-state index contributed by atoms with van der Waals surface area (Å²) < 4.78 is 0. The van der Waals surface area contributed by atoms with Gasteiger partial charge in [0, 0.05) is 16.7 Å². The molecule has 1 aromatic heterocycles. The van der Waals surface area contributed by atoms with Crippen LogP contribution in [0.2, 0.25) is 0 Å². The second-order valence-corrected chi connectivity index (χ2v) is 8.74. The van der Waals surface area contributed by atoms with Gasteiger partial charge in [0.2, 0.25) is 0 Å². The van der Waals surface area contributed by atoms with Crippen molar-refractivity contribution in [3.8, 4) is 34.2 Å². The Morgan fingerprint density at radius 3 is 1.30 bits per heavy atom. The SMILES string of the molecule is CC(C)(O)C(C)(C)O.[B]c1ccccc1-c1nc(-c2ccccc2)nc(-c2ccccc2)n1. The Balaban J connectivity index is 0.000000331. The van der Waals surface area contributed by atoms with Crippen molar-refractivity contribution in [2.24, 2.45) is 0 Å². The molecule has 2 radical (unpaired) electrons. The van der Waals surface area contributed by atoms with Gasteiger partial charge in [-0.25, -0.2) is 15.0 Å². The third-order valence-corrected chi connectivity index (χ3v) is 5.40. The number of aromatic nitrogens is 3. The van der Waals surface area contributed by atoms with E-state index in [0.29, 0.717) is 22.9 Å². The number of nitrogens with zero attached hydrogens (tertiary/aromatic N) is 3. The molecule has 2 N–H and O–H groups in total. The molecule has 4 aromatic rings. The van der Waals surface area contributed by atoms with Crippen LogP contribution in [0, 0.1) is 0 Å². The lowest BCUT2D eigenvalue weighted by Gasteiger charge is -2.31. The Kier molecular flexibility index (Phi) is 7.41. The van der Waals surface area contributed by atoms with Gasteiger partial charge < -0.3 is 10.2 Å². The number of hydrogen-bond donors (Lipinski definition) is 2. The van der Waals surface area contributed by atoms with Crippen LogP contribution in [0.15, 0.2) is 84.9 Å². The number of rotatable bonds is 4. The van der Waals surface area contributed by atoms with Crippen LogP contribution in [0.5, 0.6) is 0 Å². The van der Waals surface area contributed by atoms with Crippen LogP contribution in [0.4, 0.5) is 0 Å². The van der Waals surface area contributed by atoms with Crippen molar-refractivity contribution in [2.45, 2.75) is 38.9 Å². The largest absolute Gasteiger partial charge is 0.387 e. The van der Waals surface area contributed by atoms with Crippen molar-refractivity contribution in [3.05, 3.63) is 84.9 Å². The smallest absolute Gasteiger partial charge is 0.164 e. The van der Waals surface area contributed by atoms with E-state index in [4.69, 9.17) is 18.1 Å². The Hall–Kier alpha value is -3.35. The van der Waals surface area contributed by atoms with Crippen LogP contribution in [-0.2, 0) is 0 Å². The maximum Gasteiger partial charge on any atom is 0.164 e. The Labute approximate surface area is 196 Å². The average Bonchev–Trinajstić information content (AvgIpc) is 2.79. The fraction of sp³-hybridized carbons (Fsp3) is 0.222. The van der Waals surface area contributed by atoms with Gasteiger partial charge in [0.15, 0.2) is 17.5 Å². The summed E-state index contributed by atoms with van der Waals surface area (Å²) in [5.41, 5.74) is 1.32. The summed E-state index contributed by atoms with van der Waals surface area (Å²) in [6.07, 6.45) is 0. The molecule has 0 spiro atoms. The lowest BCUT2D eigenvalue weighted by Crippen LogP contribution is -2.44. The van der Waals surface area contributed by atoms with Crippen molar-refractivity contribution >= 4 is 13.3 Å². The van der Waals surface area contributed by atoms with E-state index in [1.165, 1.54) is 0 Å². The highest BCUT2D eigenvalue weighted by Gasteiger charge is 2.31. The number of hydrogen-bond acceptors (Lipinski definition) is 5. The molecule has 3 aromatic carbocycles. The summed E-state index contributed by atoms with van der Waals surface area (Å²) in [7, 11) is 6.13. The van der Waals surface area contributed by atoms with Gasteiger partial charge in [0.25, 0.3) is 0 Å². The molecule has 0 unspecified atom stereocenters. The number of aliphatic hydroxyl groups is 2. The quantitative estimate of drug-likeness (QED) is 0.468. The molecule has 0 fully saturated rings. The predicted molar refractivity (Wildman–Crippen MR) is 134 cm³/mol. The van der Waals surface area contributed by atoms with Crippen molar-refractivity contribution < 1.29 is 10.2 Å². The molecule has 6 heteroatoms. The molecule has 5 nitrogen and oxygen atoms in total. The molecule has 1 heterocycles. The molecule has 0 aliphatic carbocycles. The molecule has 0 saturated heterocycles. The molecule has 0 aliphatic rings. The zero-order chi connectivity index (χ0) is 24.1. The normalized spacial score (nSPS) is 11.5. The van der Waals surface area contributed by atoms with Gasteiger partial charge in [-0.1, -0.05) is 90.4 Å². The first-order valence-corrected chi connectivity index (χ1v) is 10.7. The van der Waals surface area contributed by atoms with Gasteiger partial charge in [0.05, 0.1) is 11.2 Å². The Morgan fingerprint density at radius 1 is 0.545 bits per heavy atom. The van der Waals surface area contributed by atoms with E-state index in [0.717, 1.165) is 16.7 Å². The zero-order valence-electron chi connectivity index (χ0n) is 19.4. The van der Waals surface area contributed by atoms with E-state index in [9.17, 15) is 0 Å². The number of benzene rings is 3. The van der Waals surface area contributed by atoms with Crippen LogP contribution >= 0.6 is 0 Å². The van der Waals surface area contributed by atoms with Crippen LogP contribution in [-0.4, -0.2) is 44.2 Å². The second-order valence-electron chi connectivity index (χ2n) is 8.74. The molecule has 0 atom stereocenters. The fourth-order valence-electron chi connectivity index (χ4n) is 2.63. The molecular formula is C27H28BN3O2. The van der Waals surface area contributed by atoms with Gasteiger partial charge in [-0.05, 0) is 27.7 Å². The highest BCUT2D eigenvalue weighted by atomic mass is 16.3. The summed E-state index contributed by atoms with van der Waals surface area (Å²) >= 11 is 0. The lowest BCUT2D eigenvalue weighted by molar-refractivity contribution is -0.107.